The highest BCUT2D eigenvalue weighted by atomic mass is 16.5. The van der Waals surface area contributed by atoms with Crippen molar-refractivity contribution in [1.29, 1.82) is 0 Å². The number of carbonyl (C=O) groups is 1. The van der Waals surface area contributed by atoms with Crippen molar-refractivity contribution < 1.29 is 9.53 Å². The Balaban J connectivity index is 1.73. The highest BCUT2D eigenvalue weighted by Gasteiger charge is 2.17. The number of nitrogens with one attached hydrogen (secondary N) is 2. The normalized spacial score (nSPS) is 20.8. The molecule has 104 valence electrons. The maximum absolute atomic E-state index is 12.0. The van der Waals surface area contributed by atoms with Gasteiger partial charge in [-0.3, -0.25) is 4.79 Å². The SMILES string of the molecule is CC(NCC1CCCOC1)C(=O)Nc1ccccc1. The number of ether oxygens (including phenoxy) is 1. The third-order valence-corrected chi connectivity index (χ3v) is 3.40. The van der Waals surface area contributed by atoms with Gasteiger partial charge in [-0.25, -0.2) is 0 Å². The lowest BCUT2D eigenvalue weighted by atomic mass is 10.0. The second kappa shape index (κ2) is 7.26. The van der Waals surface area contributed by atoms with Crippen LogP contribution in [0.2, 0.25) is 0 Å². The lowest BCUT2D eigenvalue weighted by Crippen LogP contribution is -2.41. The fourth-order valence-corrected chi connectivity index (χ4v) is 2.18. The molecule has 1 fully saturated rings. The van der Waals surface area contributed by atoms with Crippen LogP contribution in [0, 0.1) is 5.92 Å². The molecule has 0 spiro atoms. The van der Waals surface area contributed by atoms with Crippen LogP contribution in [0.1, 0.15) is 19.8 Å². The molecular weight excluding hydrogens is 240 g/mol. The molecule has 19 heavy (non-hydrogen) atoms. The van der Waals surface area contributed by atoms with Gasteiger partial charge in [0.2, 0.25) is 5.91 Å². The average Bonchev–Trinajstić information content (AvgIpc) is 2.47. The van der Waals surface area contributed by atoms with Crippen molar-refractivity contribution in [3.63, 3.8) is 0 Å². The molecule has 0 aliphatic carbocycles. The molecule has 2 unspecified atom stereocenters. The maximum Gasteiger partial charge on any atom is 0.241 e. The molecular formula is C15H22N2O2. The van der Waals surface area contributed by atoms with Crippen LogP contribution < -0.4 is 10.6 Å². The predicted octanol–water partition coefficient (Wildman–Crippen LogP) is 2.03. The van der Waals surface area contributed by atoms with Crippen molar-refractivity contribution >= 4 is 11.6 Å². The molecule has 1 amide bonds. The molecule has 0 radical (unpaired) electrons. The van der Waals surface area contributed by atoms with Crippen molar-refractivity contribution in [2.75, 3.05) is 25.1 Å². The molecule has 1 aromatic carbocycles. The van der Waals surface area contributed by atoms with Crippen LogP contribution in [-0.2, 0) is 9.53 Å². The lowest BCUT2D eigenvalue weighted by Gasteiger charge is -2.24. The quantitative estimate of drug-likeness (QED) is 0.853. The summed E-state index contributed by atoms with van der Waals surface area (Å²) in [7, 11) is 0. The zero-order valence-electron chi connectivity index (χ0n) is 11.4. The summed E-state index contributed by atoms with van der Waals surface area (Å²) < 4.78 is 5.43. The van der Waals surface area contributed by atoms with Crippen molar-refractivity contribution in [2.45, 2.75) is 25.8 Å². The van der Waals surface area contributed by atoms with Gasteiger partial charge in [-0.2, -0.15) is 0 Å². The number of benzene rings is 1. The Bertz CT molecular complexity index is 388. The Hall–Kier alpha value is -1.39. The van der Waals surface area contributed by atoms with Gasteiger partial charge in [-0.05, 0) is 37.8 Å². The van der Waals surface area contributed by atoms with Crippen molar-refractivity contribution in [2.24, 2.45) is 5.92 Å². The monoisotopic (exact) mass is 262 g/mol. The molecule has 2 atom stereocenters. The number of carbonyl (C=O) groups excluding carboxylic acids is 1. The topological polar surface area (TPSA) is 50.4 Å². The van der Waals surface area contributed by atoms with Crippen LogP contribution in [-0.4, -0.2) is 31.7 Å². The second-order valence-electron chi connectivity index (χ2n) is 5.07. The summed E-state index contributed by atoms with van der Waals surface area (Å²) in [4.78, 5) is 12.0. The molecule has 1 heterocycles. The Kier molecular flexibility index (Phi) is 5.36. The molecule has 1 aliphatic rings. The minimum atomic E-state index is -0.192. The van der Waals surface area contributed by atoms with E-state index < -0.39 is 0 Å². The summed E-state index contributed by atoms with van der Waals surface area (Å²) >= 11 is 0. The van der Waals surface area contributed by atoms with Crippen LogP contribution in [0.3, 0.4) is 0 Å². The first-order chi connectivity index (χ1) is 9.25. The average molecular weight is 262 g/mol. The van der Waals surface area contributed by atoms with Crippen molar-refractivity contribution in [1.82, 2.24) is 5.32 Å². The van der Waals surface area contributed by atoms with Gasteiger partial charge in [-0.1, -0.05) is 18.2 Å². The molecule has 1 aliphatic heterocycles. The first-order valence-corrected chi connectivity index (χ1v) is 6.93. The number of hydrogen-bond donors (Lipinski definition) is 2. The van der Waals surface area contributed by atoms with E-state index in [9.17, 15) is 4.79 Å². The molecule has 2 rings (SSSR count). The standard InChI is InChI=1S/C15H22N2O2/c1-12(16-10-13-6-5-9-19-11-13)15(18)17-14-7-3-2-4-8-14/h2-4,7-8,12-13,16H,5-6,9-11H2,1H3,(H,17,18). The van der Waals surface area contributed by atoms with E-state index >= 15 is 0 Å². The summed E-state index contributed by atoms with van der Waals surface area (Å²) in [6.07, 6.45) is 2.30. The fraction of sp³-hybridized carbons (Fsp3) is 0.533. The first kappa shape index (κ1) is 14.0. The molecule has 1 saturated heterocycles. The summed E-state index contributed by atoms with van der Waals surface area (Å²) in [5, 5.41) is 6.18. The van der Waals surface area contributed by atoms with E-state index in [2.05, 4.69) is 10.6 Å². The Morgan fingerprint density at radius 3 is 2.89 bits per heavy atom. The van der Waals surface area contributed by atoms with Crippen LogP contribution in [0.15, 0.2) is 30.3 Å². The second-order valence-corrected chi connectivity index (χ2v) is 5.07. The summed E-state index contributed by atoms with van der Waals surface area (Å²) in [5.74, 6) is 0.531. The zero-order valence-corrected chi connectivity index (χ0v) is 11.4. The van der Waals surface area contributed by atoms with Gasteiger partial charge in [-0.15, -0.1) is 0 Å². The number of amides is 1. The molecule has 2 N–H and O–H groups in total. The first-order valence-electron chi connectivity index (χ1n) is 6.93. The molecule has 0 saturated carbocycles. The Labute approximate surface area is 114 Å². The van der Waals surface area contributed by atoms with E-state index in [1.807, 2.05) is 37.3 Å². The highest BCUT2D eigenvalue weighted by Crippen LogP contribution is 2.12. The molecule has 1 aromatic rings. The fourth-order valence-electron chi connectivity index (χ4n) is 2.18. The maximum atomic E-state index is 12.0. The Morgan fingerprint density at radius 1 is 1.42 bits per heavy atom. The van der Waals surface area contributed by atoms with E-state index in [-0.39, 0.29) is 11.9 Å². The molecule has 0 bridgehead atoms. The van der Waals surface area contributed by atoms with Gasteiger partial charge >= 0.3 is 0 Å². The minimum Gasteiger partial charge on any atom is -0.381 e. The third-order valence-electron chi connectivity index (χ3n) is 3.40. The lowest BCUT2D eigenvalue weighted by molar-refractivity contribution is -0.117. The third kappa shape index (κ3) is 4.65. The smallest absolute Gasteiger partial charge is 0.241 e. The van der Waals surface area contributed by atoms with Gasteiger partial charge in [0.25, 0.3) is 0 Å². The number of rotatable bonds is 5. The van der Waals surface area contributed by atoms with Crippen LogP contribution in [0.4, 0.5) is 5.69 Å². The zero-order chi connectivity index (χ0) is 13.5. The van der Waals surface area contributed by atoms with Crippen molar-refractivity contribution in [3.8, 4) is 0 Å². The molecule has 4 nitrogen and oxygen atoms in total. The summed E-state index contributed by atoms with van der Waals surface area (Å²) in [5.41, 5.74) is 0.835. The Morgan fingerprint density at radius 2 is 2.21 bits per heavy atom. The molecule has 0 aromatic heterocycles. The largest absolute Gasteiger partial charge is 0.381 e. The number of hydrogen-bond acceptors (Lipinski definition) is 3. The van der Waals surface area contributed by atoms with E-state index in [4.69, 9.17) is 4.74 Å². The van der Waals surface area contributed by atoms with Crippen LogP contribution in [0.25, 0.3) is 0 Å². The van der Waals surface area contributed by atoms with Gasteiger partial charge in [0, 0.05) is 18.8 Å². The van der Waals surface area contributed by atoms with Crippen LogP contribution >= 0.6 is 0 Å². The van der Waals surface area contributed by atoms with Crippen molar-refractivity contribution in [3.05, 3.63) is 30.3 Å². The van der Waals surface area contributed by atoms with E-state index in [1.54, 1.807) is 0 Å². The number of anilines is 1. The molecule has 4 heteroatoms. The minimum absolute atomic E-state index is 0.00271. The predicted molar refractivity (Wildman–Crippen MR) is 76.1 cm³/mol. The summed E-state index contributed by atoms with van der Waals surface area (Å²) in [6.45, 7) is 4.41. The number of para-hydroxylation sites is 1. The van der Waals surface area contributed by atoms with Gasteiger partial charge in [0.05, 0.1) is 12.6 Å². The van der Waals surface area contributed by atoms with E-state index in [0.29, 0.717) is 5.92 Å². The van der Waals surface area contributed by atoms with Crippen LogP contribution in [0.5, 0.6) is 0 Å². The van der Waals surface area contributed by atoms with E-state index in [1.165, 1.54) is 6.42 Å². The van der Waals surface area contributed by atoms with Gasteiger partial charge in [0.1, 0.15) is 0 Å². The van der Waals surface area contributed by atoms with Gasteiger partial charge in [0.15, 0.2) is 0 Å². The van der Waals surface area contributed by atoms with Gasteiger partial charge < -0.3 is 15.4 Å². The highest BCUT2D eigenvalue weighted by molar-refractivity contribution is 5.94. The van der Waals surface area contributed by atoms with E-state index in [0.717, 1.165) is 31.9 Å². The summed E-state index contributed by atoms with van der Waals surface area (Å²) in [6, 6.07) is 9.34.